The Kier molecular flexibility index (Phi) is 5.85. The number of piperidine rings is 1. The van der Waals surface area contributed by atoms with Gasteiger partial charge in [-0.2, -0.15) is 5.10 Å². The van der Waals surface area contributed by atoms with Gasteiger partial charge in [-0.25, -0.2) is 0 Å². The van der Waals surface area contributed by atoms with E-state index < -0.39 is 0 Å². The fraction of sp³-hybridized carbons (Fsp3) is 0.706. The standard InChI is InChI=1S/C17H27N5O2/c23-16(20-15-7-1-3-8-18-17(15)24)13-21-10-4-2-6-14(21)12-22-11-5-9-19-22/h5,9,11,14-15H,1-4,6-8,10,12-13H2,(H,18,24)(H,20,23). The molecule has 0 bridgehead atoms. The summed E-state index contributed by atoms with van der Waals surface area (Å²) in [5.41, 5.74) is 0. The van der Waals surface area contributed by atoms with Gasteiger partial charge in [0, 0.05) is 25.0 Å². The molecule has 0 aliphatic carbocycles. The molecule has 132 valence electrons. The van der Waals surface area contributed by atoms with Crippen LogP contribution in [0.5, 0.6) is 0 Å². The summed E-state index contributed by atoms with van der Waals surface area (Å²) in [6, 6.07) is 1.87. The van der Waals surface area contributed by atoms with Gasteiger partial charge in [-0.15, -0.1) is 0 Å². The van der Waals surface area contributed by atoms with Gasteiger partial charge in [0.05, 0.1) is 13.1 Å². The van der Waals surface area contributed by atoms with Gasteiger partial charge in [-0.05, 0) is 44.7 Å². The van der Waals surface area contributed by atoms with Crippen LogP contribution in [0, 0.1) is 0 Å². The van der Waals surface area contributed by atoms with E-state index >= 15 is 0 Å². The molecule has 1 aromatic rings. The Hall–Kier alpha value is -1.89. The Morgan fingerprint density at radius 2 is 2.17 bits per heavy atom. The minimum Gasteiger partial charge on any atom is -0.354 e. The maximum atomic E-state index is 12.4. The Morgan fingerprint density at radius 1 is 1.29 bits per heavy atom. The van der Waals surface area contributed by atoms with Crippen LogP contribution in [0.25, 0.3) is 0 Å². The number of likely N-dealkylation sites (tertiary alicyclic amines) is 1. The van der Waals surface area contributed by atoms with Crippen LogP contribution in [-0.4, -0.2) is 58.2 Å². The van der Waals surface area contributed by atoms with E-state index in [0.29, 0.717) is 19.1 Å². The zero-order valence-electron chi connectivity index (χ0n) is 14.1. The lowest BCUT2D eigenvalue weighted by Crippen LogP contribution is -2.51. The first kappa shape index (κ1) is 17.0. The Bertz CT molecular complexity index is 545. The van der Waals surface area contributed by atoms with Crippen molar-refractivity contribution >= 4 is 11.8 Å². The molecule has 3 heterocycles. The lowest BCUT2D eigenvalue weighted by molar-refractivity contribution is -0.130. The fourth-order valence-electron chi connectivity index (χ4n) is 3.60. The van der Waals surface area contributed by atoms with E-state index in [1.54, 1.807) is 6.20 Å². The molecule has 0 aromatic carbocycles. The summed E-state index contributed by atoms with van der Waals surface area (Å²) in [6.07, 6.45) is 9.81. The van der Waals surface area contributed by atoms with Crippen LogP contribution < -0.4 is 10.6 Å². The van der Waals surface area contributed by atoms with E-state index in [-0.39, 0.29) is 17.9 Å². The molecule has 24 heavy (non-hydrogen) atoms. The topological polar surface area (TPSA) is 79.3 Å². The summed E-state index contributed by atoms with van der Waals surface area (Å²) < 4.78 is 1.93. The van der Waals surface area contributed by atoms with Crippen molar-refractivity contribution in [1.82, 2.24) is 25.3 Å². The smallest absolute Gasteiger partial charge is 0.242 e. The van der Waals surface area contributed by atoms with Crippen molar-refractivity contribution in [3.05, 3.63) is 18.5 Å². The summed E-state index contributed by atoms with van der Waals surface area (Å²) in [5.74, 6) is -0.1000. The van der Waals surface area contributed by atoms with Gasteiger partial charge in [0.15, 0.2) is 0 Å². The second-order valence-corrected chi connectivity index (χ2v) is 6.76. The number of carbonyl (C=O) groups is 2. The molecule has 0 saturated carbocycles. The fourth-order valence-corrected chi connectivity index (χ4v) is 3.60. The Labute approximate surface area is 142 Å². The average Bonchev–Trinajstić information content (AvgIpc) is 3.00. The minimum absolute atomic E-state index is 0.0485. The summed E-state index contributed by atoms with van der Waals surface area (Å²) in [7, 11) is 0. The first-order valence-electron chi connectivity index (χ1n) is 9.01. The molecular formula is C17H27N5O2. The number of hydrogen-bond acceptors (Lipinski definition) is 4. The van der Waals surface area contributed by atoms with Crippen LogP contribution in [-0.2, 0) is 16.1 Å². The summed E-state index contributed by atoms with van der Waals surface area (Å²) >= 11 is 0. The first-order valence-corrected chi connectivity index (χ1v) is 9.01. The molecule has 2 aliphatic heterocycles. The number of nitrogens with zero attached hydrogens (tertiary/aromatic N) is 3. The molecule has 2 saturated heterocycles. The molecule has 2 atom stereocenters. The minimum atomic E-state index is -0.380. The van der Waals surface area contributed by atoms with Crippen molar-refractivity contribution in [2.45, 2.75) is 57.2 Å². The van der Waals surface area contributed by atoms with Gasteiger partial charge in [0.2, 0.25) is 11.8 Å². The van der Waals surface area contributed by atoms with Crippen molar-refractivity contribution in [2.24, 2.45) is 0 Å². The molecule has 0 radical (unpaired) electrons. The molecule has 3 rings (SSSR count). The van der Waals surface area contributed by atoms with E-state index in [2.05, 4.69) is 20.6 Å². The normalized spacial score (nSPS) is 25.8. The van der Waals surface area contributed by atoms with Crippen LogP contribution >= 0.6 is 0 Å². The third kappa shape index (κ3) is 4.56. The van der Waals surface area contributed by atoms with E-state index in [4.69, 9.17) is 0 Å². The highest BCUT2D eigenvalue weighted by Crippen LogP contribution is 2.18. The molecule has 7 nitrogen and oxygen atoms in total. The Morgan fingerprint density at radius 3 is 3.00 bits per heavy atom. The van der Waals surface area contributed by atoms with Crippen LogP contribution in [0.2, 0.25) is 0 Å². The summed E-state index contributed by atoms with van der Waals surface area (Å²) in [4.78, 5) is 26.6. The number of carbonyl (C=O) groups excluding carboxylic acids is 2. The molecule has 7 heteroatoms. The maximum Gasteiger partial charge on any atom is 0.242 e. The van der Waals surface area contributed by atoms with E-state index in [0.717, 1.165) is 45.2 Å². The van der Waals surface area contributed by atoms with Gasteiger partial charge in [-0.3, -0.25) is 19.2 Å². The van der Waals surface area contributed by atoms with Crippen LogP contribution in [0.4, 0.5) is 0 Å². The highest BCUT2D eigenvalue weighted by atomic mass is 16.2. The number of nitrogens with one attached hydrogen (secondary N) is 2. The number of rotatable bonds is 5. The van der Waals surface area contributed by atoms with Crippen molar-refractivity contribution in [2.75, 3.05) is 19.6 Å². The lowest BCUT2D eigenvalue weighted by atomic mass is 10.0. The quantitative estimate of drug-likeness (QED) is 0.823. The third-order valence-corrected chi connectivity index (χ3v) is 4.92. The number of hydrogen-bond donors (Lipinski definition) is 2. The van der Waals surface area contributed by atoms with Gasteiger partial charge < -0.3 is 10.6 Å². The van der Waals surface area contributed by atoms with Gasteiger partial charge in [0.25, 0.3) is 0 Å². The van der Waals surface area contributed by atoms with Crippen LogP contribution in [0.3, 0.4) is 0 Å². The van der Waals surface area contributed by atoms with Crippen molar-refractivity contribution in [3.63, 3.8) is 0 Å². The Balaban J connectivity index is 1.54. The third-order valence-electron chi connectivity index (χ3n) is 4.92. The van der Waals surface area contributed by atoms with E-state index in [9.17, 15) is 9.59 Å². The van der Waals surface area contributed by atoms with E-state index in [1.807, 2.05) is 16.9 Å². The summed E-state index contributed by atoms with van der Waals surface area (Å²) in [6.45, 7) is 2.80. The largest absolute Gasteiger partial charge is 0.354 e. The zero-order valence-corrected chi connectivity index (χ0v) is 14.1. The highest BCUT2D eigenvalue weighted by molar-refractivity contribution is 5.88. The molecular weight excluding hydrogens is 306 g/mol. The molecule has 2 N–H and O–H groups in total. The maximum absolute atomic E-state index is 12.4. The molecule has 1 aromatic heterocycles. The SMILES string of the molecule is O=C(CN1CCCCC1Cn1cccn1)NC1CCCCNC1=O. The summed E-state index contributed by atoms with van der Waals surface area (Å²) in [5, 5.41) is 10.1. The highest BCUT2D eigenvalue weighted by Gasteiger charge is 2.27. The van der Waals surface area contributed by atoms with E-state index in [1.165, 1.54) is 6.42 Å². The van der Waals surface area contributed by atoms with Crippen molar-refractivity contribution in [1.29, 1.82) is 0 Å². The zero-order chi connectivity index (χ0) is 16.8. The molecule has 2 amide bonds. The van der Waals surface area contributed by atoms with Crippen LogP contribution in [0.15, 0.2) is 18.5 Å². The van der Waals surface area contributed by atoms with Gasteiger partial charge in [0.1, 0.15) is 6.04 Å². The molecule has 0 spiro atoms. The van der Waals surface area contributed by atoms with Crippen molar-refractivity contribution < 1.29 is 9.59 Å². The number of aromatic nitrogens is 2. The van der Waals surface area contributed by atoms with Crippen molar-refractivity contribution in [3.8, 4) is 0 Å². The molecule has 2 unspecified atom stereocenters. The molecule has 2 fully saturated rings. The van der Waals surface area contributed by atoms with Gasteiger partial charge >= 0.3 is 0 Å². The monoisotopic (exact) mass is 333 g/mol. The predicted molar refractivity (Wildman–Crippen MR) is 90.2 cm³/mol. The lowest BCUT2D eigenvalue weighted by Gasteiger charge is -2.35. The van der Waals surface area contributed by atoms with Gasteiger partial charge in [-0.1, -0.05) is 6.42 Å². The predicted octanol–water partition coefficient (Wildman–Crippen LogP) is 0.523. The second kappa shape index (κ2) is 8.28. The second-order valence-electron chi connectivity index (χ2n) is 6.76. The number of amides is 2. The molecule has 2 aliphatic rings. The van der Waals surface area contributed by atoms with Crippen LogP contribution in [0.1, 0.15) is 38.5 Å². The average molecular weight is 333 g/mol. The first-order chi connectivity index (χ1) is 11.7.